The number of benzene rings is 1. The Morgan fingerprint density at radius 1 is 1.00 bits per heavy atom. The topological polar surface area (TPSA) is 115 Å². The normalized spacial score (nSPS) is 11.5. The van der Waals surface area contributed by atoms with Crippen molar-refractivity contribution >= 4 is 29.4 Å². The highest BCUT2D eigenvalue weighted by Crippen LogP contribution is 2.19. The predicted octanol–water partition coefficient (Wildman–Crippen LogP) is -0.372. The Morgan fingerprint density at radius 2 is 1.61 bits per heavy atom. The standard InChI is InChI=1S/C19H27N3O6/c1-6-22(10-16(23)20-12(2)3)11-17(24)21-15-9-13(18(25)27-4)7-8-14(15)19(26)28-5/h7-9,12H,6,10-11H2,1-5H3,(H,20,23)(H,21,24)/p+1. The van der Waals surface area contributed by atoms with Crippen LogP contribution in [0.3, 0.4) is 0 Å². The van der Waals surface area contributed by atoms with E-state index >= 15 is 0 Å². The third kappa shape index (κ3) is 6.99. The Balaban J connectivity index is 2.94. The van der Waals surface area contributed by atoms with Gasteiger partial charge in [0.2, 0.25) is 0 Å². The van der Waals surface area contributed by atoms with E-state index < -0.39 is 17.8 Å². The number of anilines is 1. The third-order valence-electron chi connectivity index (χ3n) is 3.89. The first-order valence-corrected chi connectivity index (χ1v) is 8.95. The zero-order chi connectivity index (χ0) is 21.3. The largest absolute Gasteiger partial charge is 0.465 e. The second-order valence-electron chi connectivity index (χ2n) is 6.47. The number of quaternary nitrogens is 1. The molecule has 0 heterocycles. The molecule has 0 aliphatic rings. The summed E-state index contributed by atoms with van der Waals surface area (Å²) in [5, 5.41) is 5.41. The minimum absolute atomic E-state index is 0.0168. The number of rotatable bonds is 9. The molecule has 1 rings (SSSR count). The average molecular weight is 394 g/mol. The first-order chi connectivity index (χ1) is 13.2. The van der Waals surface area contributed by atoms with Crippen molar-refractivity contribution in [2.75, 3.05) is 39.2 Å². The molecule has 0 fully saturated rings. The first kappa shape index (κ1) is 23.1. The average Bonchev–Trinajstić information content (AvgIpc) is 2.65. The van der Waals surface area contributed by atoms with E-state index in [2.05, 4.69) is 15.4 Å². The van der Waals surface area contributed by atoms with Crippen LogP contribution in [0.5, 0.6) is 0 Å². The monoisotopic (exact) mass is 394 g/mol. The summed E-state index contributed by atoms with van der Waals surface area (Å²) in [5.41, 5.74) is 0.433. The molecule has 0 saturated heterocycles. The van der Waals surface area contributed by atoms with E-state index in [-0.39, 0.29) is 41.9 Å². The zero-order valence-corrected chi connectivity index (χ0v) is 16.9. The van der Waals surface area contributed by atoms with Crippen LogP contribution in [0.15, 0.2) is 18.2 Å². The fourth-order valence-electron chi connectivity index (χ4n) is 2.51. The summed E-state index contributed by atoms with van der Waals surface area (Å²) in [6.07, 6.45) is 0. The fourth-order valence-corrected chi connectivity index (χ4v) is 2.51. The summed E-state index contributed by atoms with van der Waals surface area (Å²) >= 11 is 0. The number of hydrogen-bond acceptors (Lipinski definition) is 6. The van der Waals surface area contributed by atoms with Crippen molar-refractivity contribution < 1.29 is 33.6 Å². The smallest absolute Gasteiger partial charge is 0.339 e. The van der Waals surface area contributed by atoms with Crippen LogP contribution in [0.25, 0.3) is 0 Å². The van der Waals surface area contributed by atoms with Gasteiger partial charge in [-0.3, -0.25) is 9.59 Å². The van der Waals surface area contributed by atoms with Gasteiger partial charge in [-0.15, -0.1) is 0 Å². The molecule has 0 bridgehead atoms. The summed E-state index contributed by atoms with van der Waals surface area (Å²) < 4.78 is 9.38. The van der Waals surface area contributed by atoms with Crippen molar-refractivity contribution in [3.8, 4) is 0 Å². The number of carbonyl (C=O) groups excluding carboxylic acids is 4. The van der Waals surface area contributed by atoms with Crippen molar-refractivity contribution in [1.29, 1.82) is 0 Å². The van der Waals surface area contributed by atoms with Gasteiger partial charge in [-0.1, -0.05) is 0 Å². The van der Waals surface area contributed by atoms with Crippen LogP contribution in [0.4, 0.5) is 5.69 Å². The molecule has 1 atom stereocenters. The summed E-state index contributed by atoms with van der Waals surface area (Å²) in [6.45, 7) is 6.31. The number of methoxy groups -OCH3 is 2. The van der Waals surface area contributed by atoms with Gasteiger partial charge in [0.1, 0.15) is 0 Å². The molecule has 9 nitrogen and oxygen atoms in total. The van der Waals surface area contributed by atoms with Crippen molar-refractivity contribution in [3.63, 3.8) is 0 Å². The van der Waals surface area contributed by atoms with Gasteiger partial charge in [0, 0.05) is 6.04 Å². The highest BCUT2D eigenvalue weighted by molar-refractivity contribution is 6.03. The van der Waals surface area contributed by atoms with Gasteiger partial charge >= 0.3 is 11.9 Å². The van der Waals surface area contributed by atoms with Gasteiger partial charge in [-0.25, -0.2) is 9.59 Å². The predicted molar refractivity (Wildman–Crippen MR) is 102 cm³/mol. The molecular formula is C19H28N3O6+. The van der Waals surface area contributed by atoms with Gasteiger partial charge < -0.3 is 25.0 Å². The Kier molecular flexibility index (Phi) is 9.10. The molecule has 1 unspecified atom stereocenters. The Labute approximate surface area is 164 Å². The van der Waals surface area contributed by atoms with Gasteiger partial charge in [0.15, 0.2) is 13.1 Å². The SMILES string of the molecule is CC[NH+](CC(=O)Nc1cc(C(=O)OC)ccc1C(=O)OC)CC(=O)NC(C)C. The van der Waals surface area contributed by atoms with Crippen LogP contribution < -0.4 is 15.5 Å². The number of amides is 2. The van der Waals surface area contributed by atoms with Crippen LogP contribution in [0, 0.1) is 0 Å². The molecular weight excluding hydrogens is 366 g/mol. The lowest BCUT2D eigenvalue weighted by Gasteiger charge is -2.18. The number of nitrogens with one attached hydrogen (secondary N) is 3. The molecule has 1 aromatic rings. The Morgan fingerprint density at radius 3 is 2.14 bits per heavy atom. The van der Waals surface area contributed by atoms with Gasteiger partial charge in [0.25, 0.3) is 11.8 Å². The molecule has 0 aliphatic carbocycles. The number of ether oxygens (including phenoxy) is 2. The molecule has 154 valence electrons. The van der Waals surface area contributed by atoms with Crippen LogP contribution in [-0.4, -0.2) is 63.6 Å². The lowest BCUT2D eigenvalue weighted by Crippen LogP contribution is -3.14. The van der Waals surface area contributed by atoms with Crippen LogP contribution in [0.1, 0.15) is 41.5 Å². The minimum Gasteiger partial charge on any atom is -0.465 e. The van der Waals surface area contributed by atoms with Crippen molar-refractivity contribution in [2.45, 2.75) is 26.8 Å². The van der Waals surface area contributed by atoms with Crippen LogP contribution in [0.2, 0.25) is 0 Å². The van der Waals surface area contributed by atoms with Gasteiger partial charge in [-0.05, 0) is 39.0 Å². The Hall–Kier alpha value is -2.94. The second-order valence-corrected chi connectivity index (χ2v) is 6.47. The van der Waals surface area contributed by atoms with E-state index in [0.29, 0.717) is 6.54 Å². The van der Waals surface area contributed by atoms with Gasteiger partial charge in [0.05, 0.1) is 37.6 Å². The first-order valence-electron chi connectivity index (χ1n) is 8.95. The van der Waals surface area contributed by atoms with E-state index in [1.54, 1.807) is 0 Å². The van der Waals surface area contributed by atoms with Gasteiger partial charge in [-0.2, -0.15) is 0 Å². The summed E-state index contributed by atoms with van der Waals surface area (Å²) in [6, 6.07) is 4.16. The van der Waals surface area contributed by atoms with Crippen molar-refractivity contribution in [2.24, 2.45) is 0 Å². The number of esters is 2. The highest BCUT2D eigenvalue weighted by atomic mass is 16.5. The quantitative estimate of drug-likeness (QED) is 0.492. The number of likely N-dealkylation sites (N-methyl/N-ethyl adjacent to an activating group) is 1. The molecule has 1 aromatic carbocycles. The molecule has 0 aromatic heterocycles. The zero-order valence-electron chi connectivity index (χ0n) is 16.9. The maximum atomic E-state index is 12.5. The Bertz CT molecular complexity index is 732. The lowest BCUT2D eigenvalue weighted by atomic mass is 10.1. The van der Waals surface area contributed by atoms with E-state index in [1.807, 2.05) is 20.8 Å². The van der Waals surface area contributed by atoms with Crippen LogP contribution in [-0.2, 0) is 19.1 Å². The van der Waals surface area contributed by atoms with E-state index in [0.717, 1.165) is 4.90 Å². The molecule has 0 spiro atoms. The van der Waals surface area contributed by atoms with E-state index in [9.17, 15) is 19.2 Å². The third-order valence-corrected chi connectivity index (χ3v) is 3.89. The number of carbonyl (C=O) groups is 4. The van der Waals surface area contributed by atoms with Crippen molar-refractivity contribution in [3.05, 3.63) is 29.3 Å². The van der Waals surface area contributed by atoms with Crippen molar-refractivity contribution in [1.82, 2.24) is 5.32 Å². The van der Waals surface area contributed by atoms with E-state index in [1.165, 1.54) is 32.4 Å². The summed E-state index contributed by atoms with van der Waals surface area (Å²) in [4.78, 5) is 48.8. The second kappa shape index (κ2) is 11.0. The maximum absolute atomic E-state index is 12.5. The molecule has 28 heavy (non-hydrogen) atoms. The highest BCUT2D eigenvalue weighted by Gasteiger charge is 2.21. The minimum atomic E-state index is -0.650. The van der Waals surface area contributed by atoms with E-state index in [4.69, 9.17) is 4.74 Å². The summed E-state index contributed by atoms with van der Waals surface area (Å²) in [5.74, 6) is -1.80. The van der Waals surface area contributed by atoms with Crippen LogP contribution >= 0.6 is 0 Å². The molecule has 0 radical (unpaired) electrons. The molecule has 2 amide bonds. The molecule has 3 N–H and O–H groups in total. The summed E-state index contributed by atoms with van der Waals surface area (Å²) in [7, 11) is 2.46. The lowest BCUT2D eigenvalue weighted by molar-refractivity contribution is -0.881. The molecule has 0 saturated carbocycles. The fraction of sp³-hybridized carbons (Fsp3) is 0.474. The molecule has 0 aliphatic heterocycles. The number of hydrogen-bond donors (Lipinski definition) is 3. The molecule has 9 heteroatoms. The maximum Gasteiger partial charge on any atom is 0.339 e.